The van der Waals surface area contributed by atoms with Crippen LogP contribution >= 0.6 is 11.6 Å². The number of carbonyl (C=O) groups excluding carboxylic acids is 2. The minimum absolute atomic E-state index is 0.120. The van der Waals surface area contributed by atoms with E-state index in [4.69, 9.17) is 11.6 Å². The van der Waals surface area contributed by atoms with Gasteiger partial charge in [-0.2, -0.15) is 0 Å². The van der Waals surface area contributed by atoms with Crippen molar-refractivity contribution in [3.63, 3.8) is 0 Å². The van der Waals surface area contributed by atoms with Gasteiger partial charge in [0.2, 0.25) is 11.8 Å². The lowest BCUT2D eigenvalue weighted by Crippen LogP contribution is -2.51. The number of hydrogen-bond donors (Lipinski definition) is 0. The average molecular weight is 397 g/mol. The van der Waals surface area contributed by atoms with Crippen molar-refractivity contribution < 1.29 is 9.59 Å². The topological polar surface area (TPSA) is 40.6 Å². The predicted octanol–water partition coefficient (Wildman–Crippen LogP) is 3.75. The Morgan fingerprint density at radius 2 is 1.54 bits per heavy atom. The van der Waals surface area contributed by atoms with Gasteiger partial charge in [-0.25, -0.2) is 0 Å². The fourth-order valence-electron chi connectivity index (χ4n) is 4.01. The molecule has 2 amide bonds. The minimum atomic E-state index is 0.120. The molecule has 2 unspecified atom stereocenters. The minimum Gasteiger partial charge on any atom is -0.339 e. The number of carbonyl (C=O) groups is 2. The molecule has 4 rings (SSSR count). The maximum absolute atomic E-state index is 12.8. The molecule has 0 radical (unpaired) electrons. The molecule has 146 valence electrons. The number of rotatable bonds is 5. The lowest BCUT2D eigenvalue weighted by molar-refractivity contribution is -0.140. The largest absolute Gasteiger partial charge is 0.339 e. The van der Waals surface area contributed by atoms with E-state index in [2.05, 4.69) is 12.1 Å². The molecule has 0 spiro atoms. The van der Waals surface area contributed by atoms with Crippen LogP contribution in [-0.4, -0.2) is 47.8 Å². The van der Waals surface area contributed by atoms with Crippen molar-refractivity contribution >= 4 is 23.4 Å². The second kappa shape index (κ2) is 8.36. The fraction of sp³-hybridized carbons (Fsp3) is 0.391. The highest BCUT2D eigenvalue weighted by Crippen LogP contribution is 2.48. The van der Waals surface area contributed by atoms with Crippen LogP contribution in [0.2, 0.25) is 5.02 Å². The van der Waals surface area contributed by atoms with Crippen LogP contribution in [0.25, 0.3) is 0 Å². The van der Waals surface area contributed by atoms with Gasteiger partial charge in [-0.1, -0.05) is 54.1 Å². The summed E-state index contributed by atoms with van der Waals surface area (Å²) in [5, 5.41) is 0.709. The monoisotopic (exact) mass is 396 g/mol. The van der Waals surface area contributed by atoms with Gasteiger partial charge >= 0.3 is 0 Å². The fourth-order valence-corrected chi connectivity index (χ4v) is 4.13. The Morgan fingerprint density at radius 1 is 0.893 bits per heavy atom. The molecule has 0 bridgehead atoms. The van der Waals surface area contributed by atoms with Crippen LogP contribution < -0.4 is 0 Å². The summed E-state index contributed by atoms with van der Waals surface area (Å²) in [5.41, 5.74) is 2.38. The van der Waals surface area contributed by atoms with Crippen molar-refractivity contribution in [2.45, 2.75) is 25.2 Å². The summed E-state index contributed by atoms with van der Waals surface area (Å²) in [6, 6.07) is 17.9. The molecule has 2 aliphatic rings. The van der Waals surface area contributed by atoms with E-state index in [-0.39, 0.29) is 17.7 Å². The van der Waals surface area contributed by atoms with E-state index < -0.39 is 0 Å². The molecule has 2 atom stereocenters. The van der Waals surface area contributed by atoms with Gasteiger partial charge in [0, 0.05) is 43.5 Å². The third kappa shape index (κ3) is 4.39. The van der Waals surface area contributed by atoms with Gasteiger partial charge < -0.3 is 9.80 Å². The summed E-state index contributed by atoms with van der Waals surface area (Å²) in [7, 11) is 0. The van der Waals surface area contributed by atoms with Crippen LogP contribution in [0.1, 0.15) is 29.9 Å². The summed E-state index contributed by atoms with van der Waals surface area (Å²) in [6.45, 7) is 2.55. The molecule has 2 fully saturated rings. The zero-order valence-electron chi connectivity index (χ0n) is 15.9. The van der Waals surface area contributed by atoms with Gasteiger partial charge in [-0.15, -0.1) is 0 Å². The first-order valence-electron chi connectivity index (χ1n) is 9.98. The van der Waals surface area contributed by atoms with Crippen molar-refractivity contribution in [3.05, 3.63) is 70.7 Å². The van der Waals surface area contributed by atoms with Crippen molar-refractivity contribution in [2.24, 2.45) is 5.92 Å². The number of amides is 2. The Balaban J connectivity index is 1.22. The Hall–Kier alpha value is -2.33. The molecule has 1 saturated carbocycles. The molecule has 4 nitrogen and oxygen atoms in total. The number of halogens is 1. The molecule has 28 heavy (non-hydrogen) atoms. The van der Waals surface area contributed by atoms with E-state index in [1.807, 2.05) is 52.3 Å². The maximum Gasteiger partial charge on any atom is 0.226 e. The number of aryl methyl sites for hydroxylation is 1. The van der Waals surface area contributed by atoms with E-state index >= 15 is 0 Å². The first-order chi connectivity index (χ1) is 13.6. The summed E-state index contributed by atoms with van der Waals surface area (Å²) in [6.07, 6.45) is 2.16. The highest BCUT2D eigenvalue weighted by Gasteiger charge is 2.46. The van der Waals surface area contributed by atoms with E-state index in [1.165, 1.54) is 5.56 Å². The van der Waals surface area contributed by atoms with Gasteiger partial charge in [0.05, 0.1) is 0 Å². The Bertz CT molecular complexity index is 829. The number of hydrogen-bond acceptors (Lipinski definition) is 2. The maximum atomic E-state index is 12.8. The molecular formula is C23H25ClN2O2. The summed E-state index contributed by atoms with van der Waals surface area (Å²) >= 11 is 5.90. The standard InChI is InChI=1S/C23H25ClN2O2/c24-19-9-6-17(7-10-19)8-11-22(27)25-12-14-26(15-13-25)23(28)21-16-20(21)18-4-2-1-3-5-18/h1-7,9-10,20-21H,8,11-16H2. The number of piperazine rings is 1. The summed E-state index contributed by atoms with van der Waals surface area (Å²) in [4.78, 5) is 29.1. The number of benzene rings is 2. The highest BCUT2D eigenvalue weighted by atomic mass is 35.5. The molecule has 5 heteroatoms. The Labute approximate surface area is 171 Å². The van der Waals surface area contributed by atoms with Crippen LogP contribution in [-0.2, 0) is 16.0 Å². The van der Waals surface area contributed by atoms with Gasteiger partial charge in [0.25, 0.3) is 0 Å². The van der Waals surface area contributed by atoms with Crippen molar-refractivity contribution in [3.8, 4) is 0 Å². The van der Waals surface area contributed by atoms with E-state index in [1.54, 1.807) is 0 Å². The van der Waals surface area contributed by atoms with Crippen LogP contribution in [0, 0.1) is 5.92 Å². The van der Waals surface area contributed by atoms with Crippen molar-refractivity contribution in [1.29, 1.82) is 0 Å². The lowest BCUT2D eigenvalue weighted by atomic mass is 10.1. The Morgan fingerprint density at radius 3 is 2.21 bits per heavy atom. The molecule has 2 aromatic carbocycles. The SMILES string of the molecule is O=C(CCc1ccc(Cl)cc1)N1CCN(C(=O)C2CC2c2ccccc2)CC1. The van der Waals surface area contributed by atoms with Gasteiger partial charge in [-0.3, -0.25) is 9.59 Å². The van der Waals surface area contributed by atoms with Crippen LogP contribution in [0.15, 0.2) is 54.6 Å². The molecule has 1 aliphatic carbocycles. The predicted molar refractivity (Wildman–Crippen MR) is 110 cm³/mol. The van der Waals surface area contributed by atoms with Gasteiger partial charge in [0.15, 0.2) is 0 Å². The molecule has 1 saturated heterocycles. The van der Waals surface area contributed by atoms with E-state index in [9.17, 15) is 9.59 Å². The van der Waals surface area contributed by atoms with E-state index in [0.29, 0.717) is 43.5 Å². The molecule has 2 aromatic rings. The summed E-state index contributed by atoms with van der Waals surface area (Å²) in [5.74, 6) is 0.903. The lowest BCUT2D eigenvalue weighted by Gasteiger charge is -2.35. The van der Waals surface area contributed by atoms with Crippen LogP contribution in [0.4, 0.5) is 0 Å². The first-order valence-corrected chi connectivity index (χ1v) is 10.4. The van der Waals surface area contributed by atoms with Gasteiger partial charge in [0.1, 0.15) is 0 Å². The molecule has 1 aliphatic heterocycles. The first kappa shape index (κ1) is 19.0. The third-order valence-electron chi connectivity index (χ3n) is 5.82. The van der Waals surface area contributed by atoms with Crippen molar-refractivity contribution in [1.82, 2.24) is 9.80 Å². The average Bonchev–Trinajstić information content (AvgIpc) is 3.54. The van der Waals surface area contributed by atoms with Crippen LogP contribution in [0.5, 0.6) is 0 Å². The normalized spacial score (nSPS) is 21.5. The van der Waals surface area contributed by atoms with Crippen molar-refractivity contribution in [2.75, 3.05) is 26.2 Å². The number of nitrogens with zero attached hydrogens (tertiary/aromatic N) is 2. The Kier molecular flexibility index (Phi) is 5.67. The molecular weight excluding hydrogens is 372 g/mol. The van der Waals surface area contributed by atoms with E-state index in [0.717, 1.165) is 18.4 Å². The molecule has 0 N–H and O–H groups in total. The highest BCUT2D eigenvalue weighted by molar-refractivity contribution is 6.30. The molecule has 0 aromatic heterocycles. The van der Waals surface area contributed by atoms with Gasteiger partial charge in [-0.05, 0) is 42.0 Å². The second-order valence-corrected chi connectivity index (χ2v) is 8.13. The summed E-state index contributed by atoms with van der Waals surface area (Å²) < 4.78 is 0. The third-order valence-corrected chi connectivity index (χ3v) is 6.07. The zero-order valence-corrected chi connectivity index (χ0v) is 16.6. The zero-order chi connectivity index (χ0) is 19.5. The smallest absolute Gasteiger partial charge is 0.226 e. The van der Waals surface area contributed by atoms with Crippen LogP contribution in [0.3, 0.4) is 0 Å². The second-order valence-electron chi connectivity index (χ2n) is 7.69. The quantitative estimate of drug-likeness (QED) is 0.772. The molecule has 1 heterocycles.